The SMILES string of the molecule is COc1ccc(C=CC(=O)NC(C)C(=O)N2CCN(C)CC2c2ccccc2)cc1. The number of hydrogen-bond acceptors (Lipinski definition) is 4. The molecule has 1 heterocycles. The van der Waals surface area contributed by atoms with Crippen LogP contribution in [0.25, 0.3) is 6.08 Å². The Bertz CT molecular complexity index is 880. The van der Waals surface area contributed by atoms with E-state index < -0.39 is 6.04 Å². The molecular weight excluding hydrogens is 378 g/mol. The number of likely N-dealkylation sites (N-methyl/N-ethyl adjacent to an activating group) is 1. The molecule has 158 valence electrons. The molecule has 0 aliphatic carbocycles. The molecule has 6 heteroatoms. The second-order valence-electron chi connectivity index (χ2n) is 7.56. The predicted molar refractivity (Wildman–Crippen MR) is 118 cm³/mol. The monoisotopic (exact) mass is 407 g/mol. The molecule has 1 aliphatic heterocycles. The number of piperazine rings is 1. The maximum Gasteiger partial charge on any atom is 0.245 e. The van der Waals surface area contributed by atoms with Crippen LogP contribution in [0.3, 0.4) is 0 Å². The number of amides is 2. The highest BCUT2D eigenvalue weighted by Gasteiger charge is 2.32. The Kier molecular flexibility index (Phi) is 7.25. The third-order valence-corrected chi connectivity index (χ3v) is 5.32. The molecule has 0 saturated carbocycles. The van der Waals surface area contributed by atoms with Crippen LogP contribution >= 0.6 is 0 Å². The second kappa shape index (κ2) is 10.1. The molecule has 1 saturated heterocycles. The normalized spacial score (nSPS) is 18.2. The van der Waals surface area contributed by atoms with Gasteiger partial charge in [-0.25, -0.2) is 0 Å². The molecule has 0 aromatic heterocycles. The van der Waals surface area contributed by atoms with Crippen molar-refractivity contribution < 1.29 is 14.3 Å². The van der Waals surface area contributed by atoms with Crippen molar-refractivity contribution in [2.75, 3.05) is 33.8 Å². The molecule has 1 aliphatic rings. The highest BCUT2D eigenvalue weighted by Crippen LogP contribution is 2.25. The van der Waals surface area contributed by atoms with Gasteiger partial charge in [0, 0.05) is 25.7 Å². The summed E-state index contributed by atoms with van der Waals surface area (Å²) in [6, 6.07) is 16.8. The maximum absolute atomic E-state index is 13.1. The second-order valence-corrected chi connectivity index (χ2v) is 7.56. The van der Waals surface area contributed by atoms with E-state index in [9.17, 15) is 9.59 Å². The third-order valence-electron chi connectivity index (χ3n) is 5.32. The molecule has 2 amide bonds. The summed E-state index contributed by atoms with van der Waals surface area (Å²) in [5.41, 5.74) is 1.99. The zero-order chi connectivity index (χ0) is 21.5. The van der Waals surface area contributed by atoms with Crippen LogP contribution in [0.2, 0.25) is 0 Å². The maximum atomic E-state index is 13.1. The molecule has 3 rings (SSSR count). The van der Waals surface area contributed by atoms with Crippen LogP contribution in [0, 0.1) is 0 Å². The van der Waals surface area contributed by atoms with Gasteiger partial charge in [0.25, 0.3) is 0 Å². The Labute approximate surface area is 178 Å². The minimum absolute atomic E-state index is 0.0216. The number of nitrogens with zero attached hydrogens (tertiary/aromatic N) is 2. The number of ether oxygens (including phenoxy) is 1. The highest BCUT2D eigenvalue weighted by molar-refractivity contribution is 5.95. The van der Waals surface area contributed by atoms with Crippen molar-refractivity contribution in [2.45, 2.75) is 19.0 Å². The molecule has 1 N–H and O–H groups in total. The molecule has 2 aromatic rings. The fraction of sp³-hybridized carbons (Fsp3) is 0.333. The van der Waals surface area contributed by atoms with E-state index in [1.54, 1.807) is 20.1 Å². The lowest BCUT2D eigenvalue weighted by atomic mass is 10.0. The summed E-state index contributed by atoms with van der Waals surface area (Å²) in [7, 11) is 3.67. The largest absolute Gasteiger partial charge is 0.497 e. The zero-order valence-corrected chi connectivity index (χ0v) is 17.7. The van der Waals surface area contributed by atoms with Gasteiger partial charge >= 0.3 is 0 Å². The molecule has 2 atom stereocenters. The van der Waals surface area contributed by atoms with Crippen LogP contribution in [0.1, 0.15) is 24.1 Å². The van der Waals surface area contributed by atoms with E-state index in [1.165, 1.54) is 6.08 Å². The molecule has 0 radical (unpaired) electrons. The molecular formula is C24H29N3O3. The van der Waals surface area contributed by atoms with E-state index in [-0.39, 0.29) is 17.9 Å². The summed E-state index contributed by atoms with van der Waals surface area (Å²) < 4.78 is 5.13. The molecule has 0 spiro atoms. The van der Waals surface area contributed by atoms with Crippen molar-refractivity contribution in [2.24, 2.45) is 0 Å². The molecule has 2 unspecified atom stereocenters. The van der Waals surface area contributed by atoms with Gasteiger partial charge in [0.1, 0.15) is 11.8 Å². The Morgan fingerprint density at radius 1 is 1.10 bits per heavy atom. The van der Waals surface area contributed by atoms with Crippen molar-refractivity contribution in [1.82, 2.24) is 15.1 Å². The van der Waals surface area contributed by atoms with Gasteiger partial charge in [0.2, 0.25) is 11.8 Å². The summed E-state index contributed by atoms with van der Waals surface area (Å²) in [6.45, 7) is 3.96. The number of nitrogens with one attached hydrogen (secondary N) is 1. The van der Waals surface area contributed by atoms with Crippen LogP contribution in [0.15, 0.2) is 60.7 Å². The highest BCUT2D eigenvalue weighted by atomic mass is 16.5. The van der Waals surface area contributed by atoms with Crippen LogP contribution in [0.5, 0.6) is 5.75 Å². The van der Waals surface area contributed by atoms with E-state index in [2.05, 4.69) is 17.3 Å². The van der Waals surface area contributed by atoms with Gasteiger partial charge in [-0.15, -0.1) is 0 Å². The minimum atomic E-state index is -0.604. The Morgan fingerprint density at radius 2 is 1.80 bits per heavy atom. The van der Waals surface area contributed by atoms with Crippen molar-refractivity contribution in [3.8, 4) is 5.75 Å². The van der Waals surface area contributed by atoms with E-state index >= 15 is 0 Å². The van der Waals surface area contributed by atoms with Crippen molar-refractivity contribution in [3.63, 3.8) is 0 Å². The zero-order valence-electron chi connectivity index (χ0n) is 17.7. The van der Waals surface area contributed by atoms with Gasteiger partial charge in [-0.05, 0) is 43.3 Å². The Hall–Kier alpha value is -3.12. The summed E-state index contributed by atoms with van der Waals surface area (Å²) >= 11 is 0. The number of carbonyl (C=O) groups is 2. The first-order chi connectivity index (χ1) is 14.5. The van der Waals surface area contributed by atoms with Gasteiger partial charge in [-0.1, -0.05) is 42.5 Å². The van der Waals surface area contributed by atoms with E-state index in [0.29, 0.717) is 6.54 Å². The van der Waals surface area contributed by atoms with E-state index in [1.807, 2.05) is 59.5 Å². The average molecular weight is 408 g/mol. The summed E-state index contributed by atoms with van der Waals surface area (Å²) in [4.78, 5) is 29.6. The number of carbonyl (C=O) groups excluding carboxylic acids is 2. The first-order valence-corrected chi connectivity index (χ1v) is 10.1. The van der Waals surface area contributed by atoms with Gasteiger partial charge in [-0.2, -0.15) is 0 Å². The quantitative estimate of drug-likeness (QED) is 0.748. The fourth-order valence-electron chi connectivity index (χ4n) is 3.60. The summed E-state index contributed by atoms with van der Waals surface area (Å²) in [5.74, 6) is 0.399. The lowest BCUT2D eigenvalue weighted by molar-refractivity contribution is -0.139. The first-order valence-electron chi connectivity index (χ1n) is 10.1. The number of rotatable bonds is 6. The van der Waals surface area contributed by atoms with Crippen molar-refractivity contribution >= 4 is 17.9 Å². The van der Waals surface area contributed by atoms with E-state index in [4.69, 9.17) is 4.74 Å². The number of hydrogen-bond donors (Lipinski definition) is 1. The third kappa shape index (κ3) is 5.48. The van der Waals surface area contributed by atoms with Crippen molar-refractivity contribution in [1.29, 1.82) is 0 Å². The molecule has 30 heavy (non-hydrogen) atoms. The Balaban J connectivity index is 1.63. The van der Waals surface area contributed by atoms with Crippen molar-refractivity contribution in [3.05, 3.63) is 71.8 Å². The van der Waals surface area contributed by atoms with Crippen LogP contribution in [-0.4, -0.2) is 61.4 Å². The summed E-state index contributed by atoms with van der Waals surface area (Å²) in [5, 5.41) is 2.80. The van der Waals surface area contributed by atoms with Gasteiger partial charge in [0.05, 0.1) is 13.2 Å². The van der Waals surface area contributed by atoms with Gasteiger partial charge in [-0.3, -0.25) is 9.59 Å². The van der Waals surface area contributed by atoms with Crippen LogP contribution in [0.4, 0.5) is 0 Å². The van der Waals surface area contributed by atoms with Gasteiger partial charge in [0.15, 0.2) is 0 Å². The fourth-order valence-corrected chi connectivity index (χ4v) is 3.60. The minimum Gasteiger partial charge on any atom is -0.497 e. The topological polar surface area (TPSA) is 61.9 Å². The van der Waals surface area contributed by atoms with Crippen LogP contribution in [-0.2, 0) is 9.59 Å². The number of benzene rings is 2. The number of methoxy groups -OCH3 is 1. The van der Waals surface area contributed by atoms with Gasteiger partial charge < -0.3 is 19.9 Å². The lowest BCUT2D eigenvalue weighted by Gasteiger charge is -2.41. The molecule has 1 fully saturated rings. The average Bonchev–Trinajstić information content (AvgIpc) is 2.78. The predicted octanol–water partition coefficient (Wildman–Crippen LogP) is 2.73. The molecule has 6 nitrogen and oxygen atoms in total. The van der Waals surface area contributed by atoms with E-state index in [0.717, 1.165) is 30.0 Å². The molecule has 0 bridgehead atoms. The molecule has 2 aromatic carbocycles. The Morgan fingerprint density at radius 3 is 2.47 bits per heavy atom. The lowest BCUT2D eigenvalue weighted by Crippen LogP contribution is -2.54. The van der Waals surface area contributed by atoms with Crippen LogP contribution < -0.4 is 10.1 Å². The standard InChI is InChI=1S/C24H29N3O3/c1-18(25-23(28)14-11-19-9-12-21(30-3)13-10-19)24(29)27-16-15-26(2)17-22(27)20-7-5-4-6-8-20/h4-14,18,22H,15-17H2,1-3H3,(H,25,28). The smallest absolute Gasteiger partial charge is 0.245 e. The summed E-state index contributed by atoms with van der Waals surface area (Å²) in [6.07, 6.45) is 3.17. The first kappa shape index (κ1) is 21.6.